The normalized spacial score (nSPS) is 13.4. The van der Waals surface area contributed by atoms with E-state index in [9.17, 15) is 0 Å². The summed E-state index contributed by atoms with van der Waals surface area (Å²) in [6.07, 6.45) is 7.37. The first-order chi connectivity index (χ1) is 5.31. The van der Waals surface area contributed by atoms with Gasteiger partial charge in [0.2, 0.25) is 0 Å². The predicted octanol–water partition coefficient (Wildman–Crippen LogP) is 1.63. The molecule has 0 rings (SSSR count). The summed E-state index contributed by atoms with van der Waals surface area (Å²) in [4.78, 5) is 0. The van der Waals surface area contributed by atoms with Gasteiger partial charge in [0.15, 0.2) is 0 Å². The highest BCUT2D eigenvalue weighted by Crippen LogP contribution is 2.05. The van der Waals surface area contributed by atoms with Gasteiger partial charge >= 0.3 is 0 Å². The van der Waals surface area contributed by atoms with E-state index in [0.717, 1.165) is 19.4 Å². The monoisotopic (exact) mass is 158 g/mol. The van der Waals surface area contributed by atoms with Gasteiger partial charge in [0, 0.05) is 6.04 Å². The molecule has 0 radical (unpaired) electrons. The third-order valence-electron chi connectivity index (χ3n) is 1.97. The minimum absolute atomic E-state index is 0.344. The zero-order chi connectivity index (χ0) is 8.53. The van der Waals surface area contributed by atoms with Crippen LogP contribution in [0.4, 0.5) is 0 Å². The Hall–Kier alpha value is -0.0800. The number of hydrogen-bond acceptors (Lipinski definition) is 2. The van der Waals surface area contributed by atoms with Crippen molar-refractivity contribution >= 4 is 0 Å². The van der Waals surface area contributed by atoms with E-state index in [2.05, 4.69) is 6.92 Å². The minimum atomic E-state index is 0.344. The van der Waals surface area contributed by atoms with Crippen LogP contribution in [-0.4, -0.2) is 12.6 Å². The van der Waals surface area contributed by atoms with Crippen molar-refractivity contribution in [3.05, 3.63) is 0 Å². The molecular weight excluding hydrogens is 136 g/mol. The molecule has 0 spiro atoms. The van der Waals surface area contributed by atoms with E-state index in [1.165, 1.54) is 25.7 Å². The molecule has 0 amide bonds. The van der Waals surface area contributed by atoms with E-state index in [0.29, 0.717) is 6.04 Å². The summed E-state index contributed by atoms with van der Waals surface area (Å²) in [5.74, 6) is 0. The van der Waals surface area contributed by atoms with Crippen molar-refractivity contribution in [1.82, 2.24) is 0 Å². The second kappa shape index (κ2) is 8.02. The lowest BCUT2D eigenvalue weighted by Gasteiger charge is -2.08. The van der Waals surface area contributed by atoms with Gasteiger partial charge in [0.25, 0.3) is 0 Å². The van der Waals surface area contributed by atoms with Crippen molar-refractivity contribution in [2.24, 2.45) is 11.5 Å². The van der Waals surface area contributed by atoms with Gasteiger partial charge in [-0.3, -0.25) is 0 Å². The van der Waals surface area contributed by atoms with Crippen LogP contribution >= 0.6 is 0 Å². The van der Waals surface area contributed by atoms with Gasteiger partial charge in [-0.2, -0.15) is 0 Å². The summed E-state index contributed by atoms with van der Waals surface area (Å²) in [6, 6.07) is 0.344. The van der Waals surface area contributed by atoms with Crippen LogP contribution < -0.4 is 11.5 Å². The van der Waals surface area contributed by atoms with Gasteiger partial charge in [0.1, 0.15) is 0 Å². The maximum Gasteiger partial charge on any atom is 0.00508 e. The Kier molecular flexibility index (Phi) is 7.96. The number of nitrogens with two attached hydrogens (primary N) is 2. The van der Waals surface area contributed by atoms with Crippen molar-refractivity contribution in [2.45, 2.75) is 51.5 Å². The highest BCUT2D eigenvalue weighted by atomic mass is 14.6. The van der Waals surface area contributed by atoms with Gasteiger partial charge < -0.3 is 11.5 Å². The first-order valence-corrected chi connectivity index (χ1v) is 4.77. The molecule has 0 heterocycles. The molecule has 1 atom stereocenters. The molecule has 0 aromatic rings. The van der Waals surface area contributed by atoms with Crippen molar-refractivity contribution in [1.29, 1.82) is 0 Å². The molecule has 2 nitrogen and oxygen atoms in total. The fraction of sp³-hybridized carbons (Fsp3) is 1.00. The Labute approximate surface area is 70.3 Å². The van der Waals surface area contributed by atoms with E-state index in [-0.39, 0.29) is 0 Å². The smallest absolute Gasteiger partial charge is 0.00508 e. The van der Waals surface area contributed by atoms with Crippen molar-refractivity contribution in [3.8, 4) is 0 Å². The van der Waals surface area contributed by atoms with E-state index in [1.807, 2.05) is 0 Å². The van der Waals surface area contributed by atoms with Crippen molar-refractivity contribution in [3.63, 3.8) is 0 Å². The third-order valence-corrected chi connectivity index (χ3v) is 1.97. The number of unbranched alkanes of at least 4 members (excludes halogenated alkanes) is 3. The average molecular weight is 158 g/mol. The summed E-state index contributed by atoms with van der Waals surface area (Å²) < 4.78 is 0. The van der Waals surface area contributed by atoms with Gasteiger partial charge in [-0.25, -0.2) is 0 Å². The molecule has 0 aromatic carbocycles. The highest BCUT2D eigenvalue weighted by Gasteiger charge is 1.99. The maximum absolute atomic E-state index is 5.79. The molecule has 68 valence electrons. The summed E-state index contributed by atoms with van der Waals surface area (Å²) in [7, 11) is 0. The van der Waals surface area contributed by atoms with Crippen LogP contribution in [0.5, 0.6) is 0 Å². The Morgan fingerprint density at radius 3 is 2.36 bits per heavy atom. The summed E-state index contributed by atoms with van der Waals surface area (Å²) in [5, 5.41) is 0. The zero-order valence-electron chi connectivity index (χ0n) is 7.68. The van der Waals surface area contributed by atoms with E-state index in [4.69, 9.17) is 11.5 Å². The van der Waals surface area contributed by atoms with Crippen molar-refractivity contribution in [2.75, 3.05) is 6.54 Å². The molecule has 4 N–H and O–H groups in total. The molecule has 0 saturated carbocycles. The molecule has 0 aliphatic rings. The number of hydrogen-bond donors (Lipinski definition) is 2. The van der Waals surface area contributed by atoms with Gasteiger partial charge in [-0.15, -0.1) is 0 Å². The lowest BCUT2D eigenvalue weighted by Crippen LogP contribution is -2.23. The zero-order valence-corrected chi connectivity index (χ0v) is 7.68. The van der Waals surface area contributed by atoms with Crippen LogP contribution in [0, 0.1) is 0 Å². The molecule has 1 unspecified atom stereocenters. The summed E-state index contributed by atoms with van der Waals surface area (Å²) in [6.45, 7) is 2.95. The molecule has 0 bridgehead atoms. The topological polar surface area (TPSA) is 52.0 Å². The van der Waals surface area contributed by atoms with Crippen LogP contribution in [0.2, 0.25) is 0 Å². The average Bonchev–Trinajstić information content (AvgIpc) is 1.99. The molecule has 0 fully saturated rings. The fourth-order valence-corrected chi connectivity index (χ4v) is 1.19. The summed E-state index contributed by atoms with van der Waals surface area (Å²) in [5.41, 5.74) is 11.2. The fourth-order valence-electron chi connectivity index (χ4n) is 1.19. The second-order valence-corrected chi connectivity index (χ2v) is 3.19. The summed E-state index contributed by atoms with van der Waals surface area (Å²) >= 11 is 0. The largest absolute Gasteiger partial charge is 0.330 e. The SMILES string of the molecule is CCCCCCC(N)CCN. The van der Waals surface area contributed by atoms with Crippen LogP contribution in [-0.2, 0) is 0 Å². The van der Waals surface area contributed by atoms with Crippen LogP contribution in [0.15, 0.2) is 0 Å². The standard InChI is InChI=1S/C9H22N2/c1-2-3-4-5-6-9(11)7-8-10/h9H,2-8,10-11H2,1H3. The van der Waals surface area contributed by atoms with E-state index < -0.39 is 0 Å². The molecular formula is C9H22N2. The maximum atomic E-state index is 5.79. The molecule has 11 heavy (non-hydrogen) atoms. The van der Waals surface area contributed by atoms with E-state index >= 15 is 0 Å². The molecule has 0 aliphatic heterocycles. The number of rotatable bonds is 7. The lowest BCUT2D eigenvalue weighted by atomic mass is 10.1. The van der Waals surface area contributed by atoms with Crippen LogP contribution in [0.3, 0.4) is 0 Å². The Morgan fingerprint density at radius 1 is 1.09 bits per heavy atom. The first-order valence-electron chi connectivity index (χ1n) is 4.77. The second-order valence-electron chi connectivity index (χ2n) is 3.19. The van der Waals surface area contributed by atoms with Gasteiger partial charge in [0.05, 0.1) is 0 Å². The molecule has 2 heteroatoms. The Morgan fingerprint density at radius 2 is 1.82 bits per heavy atom. The quantitative estimate of drug-likeness (QED) is 0.553. The molecule has 0 aliphatic carbocycles. The Balaban J connectivity index is 2.97. The predicted molar refractivity (Wildman–Crippen MR) is 50.4 cm³/mol. The Bertz CT molecular complexity index is 74.0. The first kappa shape index (κ1) is 10.9. The van der Waals surface area contributed by atoms with E-state index in [1.54, 1.807) is 0 Å². The highest BCUT2D eigenvalue weighted by molar-refractivity contribution is 4.61. The van der Waals surface area contributed by atoms with Crippen molar-refractivity contribution < 1.29 is 0 Å². The van der Waals surface area contributed by atoms with Gasteiger partial charge in [-0.1, -0.05) is 32.6 Å². The minimum Gasteiger partial charge on any atom is -0.330 e. The van der Waals surface area contributed by atoms with Crippen LogP contribution in [0.25, 0.3) is 0 Å². The lowest BCUT2D eigenvalue weighted by molar-refractivity contribution is 0.526. The molecule has 0 saturated heterocycles. The third kappa shape index (κ3) is 7.82. The van der Waals surface area contributed by atoms with Gasteiger partial charge in [-0.05, 0) is 19.4 Å². The van der Waals surface area contributed by atoms with Crippen LogP contribution in [0.1, 0.15) is 45.4 Å². The molecule has 0 aromatic heterocycles.